The number of nitrogens with one attached hydrogen (secondary N) is 2. The molecule has 2 N–H and O–H groups in total. The first-order chi connectivity index (χ1) is 25.4. The first-order valence-electron chi connectivity index (χ1n) is 17.9. The highest BCUT2D eigenvalue weighted by atomic mass is 35.5. The fraction of sp³-hybridized carbons (Fsp3) is 0.381. The Balaban J connectivity index is 0.00000650. The molecule has 2 atom stereocenters. The third-order valence-corrected chi connectivity index (χ3v) is 9.31. The van der Waals surface area contributed by atoms with Crippen LogP contribution in [0.2, 0.25) is 10.0 Å². The molecule has 1 aliphatic rings. The molecule has 8 nitrogen and oxygen atoms in total. The fourth-order valence-corrected chi connectivity index (χ4v) is 6.61. The first-order valence-corrected chi connectivity index (χ1v) is 18.7. The summed E-state index contributed by atoms with van der Waals surface area (Å²) in [6, 6.07) is 25.1. The summed E-state index contributed by atoms with van der Waals surface area (Å²) in [7, 11) is 1.56. The van der Waals surface area contributed by atoms with Crippen molar-refractivity contribution >= 4 is 53.1 Å². The standard InChI is InChI=1S/C42H48Cl2FN3O5.ClH/c1-42(2,3)27-48-35-20-19-31(44)24-33(35)39(53-37(41(48)50)25-38(49)47-26-29-11-5-6-13-34(29)45)32-12-7-14-36(40(32)51-4)52-23-9-22-46-21-8-10-28-15-17-30(43)18-16-28;/h5-7,11-20,24,37,39,46H,8-10,21-23,25-27H2,1-4H3,(H,47,49);1H/t37-,39-;/m1./s1. The number of methoxy groups -OCH3 is 1. The quantitative estimate of drug-likeness (QED) is 0.110. The van der Waals surface area contributed by atoms with Crippen molar-refractivity contribution in [2.45, 2.75) is 65.2 Å². The summed E-state index contributed by atoms with van der Waals surface area (Å²) in [4.78, 5) is 29.4. The summed E-state index contributed by atoms with van der Waals surface area (Å²) >= 11 is 12.6. The van der Waals surface area contributed by atoms with E-state index in [1.54, 1.807) is 42.3 Å². The molecule has 12 heteroatoms. The number of aryl methyl sites for hydroxylation is 1. The van der Waals surface area contributed by atoms with Gasteiger partial charge in [0, 0.05) is 45.5 Å². The summed E-state index contributed by atoms with van der Waals surface area (Å²) in [5.74, 6) is -0.249. The van der Waals surface area contributed by atoms with Gasteiger partial charge in [-0.3, -0.25) is 9.59 Å². The lowest BCUT2D eigenvalue weighted by Gasteiger charge is -2.31. The van der Waals surface area contributed by atoms with Crippen LogP contribution in [0, 0.1) is 11.2 Å². The van der Waals surface area contributed by atoms with Crippen LogP contribution < -0.4 is 25.0 Å². The van der Waals surface area contributed by atoms with Gasteiger partial charge in [0.05, 0.1) is 20.1 Å². The van der Waals surface area contributed by atoms with E-state index in [-0.39, 0.29) is 36.7 Å². The topological polar surface area (TPSA) is 89.1 Å². The molecule has 4 aromatic carbocycles. The lowest BCUT2D eigenvalue weighted by Crippen LogP contribution is -2.45. The van der Waals surface area contributed by atoms with E-state index in [1.807, 2.05) is 57.2 Å². The highest BCUT2D eigenvalue weighted by Crippen LogP contribution is 2.45. The van der Waals surface area contributed by atoms with E-state index in [0.29, 0.717) is 52.1 Å². The number of anilines is 1. The van der Waals surface area contributed by atoms with Crippen LogP contribution in [-0.2, 0) is 27.3 Å². The van der Waals surface area contributed by atoms with Gasteiger partial charge in [-0.05, 0) is 85.8 Å². The molecule has 0 aliphatic carbocycles. The Bertz CT molecular complexity index is 1850. The predicted molar refractivity (Wildman–Crippen MR) is 216 cm³/mol. The fourth-order valence-electron chi connectivity index (χ4n) is 6.30. The zero-order chi connectivity index (χ0) is 38.0. The van der Waals surface area contributed by atoms with E-state index in [4.69, 9.17) is 37.4 Å². The molecule has 0 aromatic heterocycles. The van der Waals surface area contributed by atoms with Crippen LogP contribution in [0.4, 0.5) is 10.1 Å². The van der Waals surface area contributed by atoms with E-state index in [9.17, 15) is 14.0 Å². The zero-order valence-corrected chi connectivity index (χ0v) is 33.5. The van der Waals surface area contributed by atoms with Crippen molar-refractivity contribution < 1.29 is 28.2 Å². The van der Waals surface area contributed by atoms with Crippen molar-refractivity contribution in [3.63, 3.8) is 0 Å². The van der Waals surface area contributed by atoms with Gasteiger partial charge in [-0.15, -0.1) is 12.4 Å². The molecule has 0 unspecified atom stereocenters. The Labute approximate surface area is 334 Å². The number of carbonyl (C=O) groups excluding carboxylic acids is 2. The van der Waals surface area contributed by atoms with Crippen LogP contribution in [0.15, 0.2) is 84.9 Å². The highest BCUT2D eigenvalue weighted by molar-refractivity contribution is 6.31. The minimum atomic E-state index is -1.17. The number of benzene rings is 4. The maximum atomic E-state index is 14.3. The van der Waals surface area contributed by atoms with Gasteiger partial charge in [0.15, 0.2) is 11.5 Å². The lowest BCUT2D eigenvalue weighted by atomic mass is 9.94. The monoisotopic (exact) mass is 799 g/mol. The van der Waals surface area contributed by atoms with Crippen LogP contribution >= 0.6 is 35.6 Å². The number of hydrogen-bond acceptors (Lipinski definition) is 6. The average molecular weight is 801 g/mol. The van der Waals surface area contributed by atoms with Gasteiger partial charge >= 0.3 is 0 Å². The van der Waals surface area contributed by atoms with Crippen molar-refractivity contribution in [2.75, 3.05) is 38.3 Å². The largest absolute Gasteiger partial charge is 0.492 e. The Kier molecular flexibility index (Phi) is 16.0. The molecule has 0 saturated carbocycles. The van der Waals surface area contributed by atoms with E-state index in [2.05, 4.69) is 22.8 Å². The van der Waals surface area contributed by atoms with Gasteiger partial charge in [-0.1, -0.05) is 86.4 Å². The number of hydrogen-bond donors (Lipinski definition) is 2. The Morgan fingerprint density at radius 1 is 0.926 bits per heavy atom. The van der Waals surface area contributed by atoms with Crippen LogP contribution in [-0.4, -0.2) is 51.3 Å². The van der Waals surface area contributed by atoms with Gasteiger partial charge in [-0.2, -0.15) is 0 Å². The molecule has 4 aromatic rings. The molecule has 1 aliphatic heterocycles. The van der Waals surface area contributed by atoms with Crippen molar-refractivity contribution in [3.8, 4) is 11.5 Å². The third kappa shape index (κ3) is 11.8. The highest BCUT2D eigenvalue weighted by Gasteiger charge is 2.40. The summed E-state index contributed by atoms with van der Waals surface area (Å²) in [5, 5.41) is 7.44. The number of halogens is 4. The predicted octanol–water partition coefficient (Wildman–Crippen LogP) is 9.13. The van der Waals surface area contributed by atoms with Gasteiger partial charge in [0.25, 0.3) is 5.91 Å². The Morgan fingerprint density at radius 2 is 1.65 bits per heavy atom. The van der Waals surface area contributed by atoms with E-state index in [1.165, 1.54) is 11.6 Å². The van der Waals surface area contributed by atoms with Gasteiger partial charge < -0.3 is 29.7 Å². The van der Waals surface area contributed by atoms with Crippen LogP contribution in [0.1, 0.15) is 68.4 Å². The SMILES string of the molecule is COc1c(OCCCNCCCc2ccc(Cl)cc2)cccc1[C@H]1O[C@H](CC(=O)NCc2ccccc2F)C(=O)N(CC(C)(C)C)c2ccc(Cl)cc21.Cl. The van der Waals surface area contributed by atoms with E-state index >= 15 is 0 Å². The van der Waals surface area contributed by atoms with Crippen LogP contribution in [0.3, 0.4) is 0 Å². The molecule has 5 rings (SSSR count). The first kappa shape index (κ1) is 42.9. The normalized spacial score (nSPS) is 15.5. The zero-order valence-electron chi connectivity index (χ0n) is 31.1. The molecule has 1 heterocycles. The number of rotatable bonds is 16. The van der Waals surface area contributed by atoms with Crippen LogP contribution in [0.5, 0.6) is 11.5 Å². The Morgan fingerprint density at radius 3 is 2.37 bits per heavy atom. The second-order valence-corrected chi connectivity index (χ2v) is 15.2. The summed E-state index contributed by atoms with van der Waals surface area (Å²) in [5.41, 5.74) is 3.22. The molecule has 0 bridgehead atoms. The molecular formula is C42H49Cl3FN3O5. The second kappa shape index (κ2) is 20.2. The second-order valence-electron chi connectivity index (χ2n) is 14.3. The molecule has 0 radical (unpaired) electrons. The molecular weight excluding hydrogens is 752 g/mol. The summed E-state index contributed by atoms with van der Waals surface area (Å²) < 4.78 is 33.2. The molecule has 0 saturated heterocycles. The maximum Gasteiger partial charge on any atom is 0.256 e. The average Bonchev–Trinajstić information content (AvgIpc) is 3.22. The van der Waals surface area contributed by atoms with Gasteiger partial charge in [-0.25, -0.2) is 4.39 Å². The minimum Gasteiger partial charge on any atom is -0.492 e. The van der Waals surface area contributed by atoms with Gasteiger partial charge in [0.2, 0.25) is 5.91 Å². The molecule has 2 amide bonds. The maximum absolute atomic E-state index is 14.3. The minimum absolute atomic E-state index is 0. The van der Waals surface area contributed by atoms with Crippen LogP contribution in [0.25, 0.3) is 0 Å². The summed E-state index contributed by atoms with van der Waals surface area (Å²) in [6.07, 6.45) is 0.456. The number of fused-ring (bicyclic) bond motifs is 1. The molecule has 0 fully saturated rings. The summed E-state index contributed by atoms with van der Waals surface area (Å²) in [6.45, 7) is 8.56. The van der Waals surface area contributed by atoms with Crippen molar-refractivity contribution in [1.29, 1.82) is 0 Å². The molecule has 54 heavy (non-hydrogen) atoms. The number of carbonyl (C=O) groups is 2. The molecule has 0 spiro atoms. The van der Waals surface area contributed by atoms with Crippen molar-refractivity contribution in [3.05, 3.63) is 123 Å². The number of ether oxygens (including phenoxy) is 3. The van der Waals surface area contributed by atoms with E-state index in [0.717, 1.165) is 37.4 Å². The van der Waals surface area contributed by atoms with E-state index < -0.39 is 23.9 Å². The third-order valence-electron chi connectivity index (χ3n) is 8.83. The van der Waals surface area contributed by atoms with Crippen molar-refractivity contribution in [1.82, 2.24) is 10.6 Å². The number of nitrogens with zero attached hydrogens (tertiary/aromatic N) is 1. The number of para-hydroxylation sites is 1. The lowest BCUT2D eigenvalue weighted by molar-refractivity contribution is -0.138. The van der Waals surface area contributed by atoms with Gasteiger partial charge in [0.1, 0.15) is 18.0 Å². The van der Waals surface area contributed by atoms with Crippen molar-refractivity contribution in [2.24, 2.45) is 5.41 Å². The number of amides is 2. The smallest absolute Gasteiger partial charge is 0.256 e. The molecule has 290 valence electrons. The Hall–Kier alpha value is -3.86.